The van der Waals surface area contributed by atoms with E-state index in [1.54, 1.807) is 12.1 Å². The van der Waals surface area contributed by atoms with Gasteiger partial charge in [-0.05, 0) is 35.9 Å². The number of aliphatic hydroxyl groups is 1. The zero-order chi connectivity index (χ0) is 14.1. The van der Waals surface area contributed by atoms with Crippen LogP contribution in [0.4, 0.5) is 15.8 Å². The van der Waals surface area contributed by atoms with Gasteiger partial charge in [0.25, 0.3) is 0 Å². The third-order valence-corrected chi connectivity index (χ3v) is 3.23. The van der Waals surface area contributed by atoms with Crippen LogP contribution in [0.2, 0.25) is 0 Å². The Morgan fingerprint density at radius 3 is 2.70 bits per heavy atom. The largest absolute Gasteiger partial charge is 0.356 e. The van der Waals surface area contributed by atoms with Crippen molar-refractivity contribution in [3.8, 4) is 0 Å². The number of nitrogens with one attached hydrogen (secondary N) is 1. The van der Waals surface area contributed by atoms with Crippen LogP contribution < -0.4 is 10.2 Å². The van der Waals surface area contributed by atoms with Crippen LogP contribution in [0.1, 0.15) is 5.56 Å². The lowest BCUT2D eigenvalue weighted by Crippen LogP contribution is -2.43. The van der Waals surface area contributed by atoms with Gasteiger partial charge in [-0.3, -0.25) is 9.69 Å². The number of carbonyl (C=O) groups is 1. The molecule has 0 fully saturated rings. The van der Waals surface area contributed by atoms with Crippen LogP contribution in [0, 0.1) is 5.82 Å². The fraction of sp³-hybridized carbons (Fsp3) is 0.133. The molecule has 20 heavy (non-hydrogen) atoms. The number of halogens is 1. The molecule has 1 atom stereocenters. The van der Waals surface area contributed by atoms with E-state index in [2.05, 4.69) is 5.32 Å². The van der Waals surface area contributed by atoms with Gasteiger partial charge < -0.3 is 10.4 Å². The molecule has 0 saturated carbocycles. The molecule has 0 bridgehead atoms. The molecule has 0 aromatic heterocycles. The van der Waals surface area contributed by atoms with E-state index in [0.29, 0.717) is 16.9 Å². The summed E-state index contributed by atoms with van der Waals surface area (Å²) in [5, 5.41) is 13.0. The van der Waals surface area contributed by atoms with Gasteiger partial charge in [-0.2, -0.15) is 0 Å². The second-order valence-electron chi connectivity index (χ2n) is 4.60. The van der Waals surface area contributed by atoms with Gasteiger partial charge in [-0.25, -0.2) is 4.39 Å². The quantitative estimate of drug-likeness (QED) is 0.841. The third-order valence-electron chi connectivity index (χ3n) is 3.23. The van der Waals surface area contributed by atoms with E-state index >= 15 is 0 Å². The number of carbonyl (C=O) groups excluding carboxylic acids is 1. The fourth-order valence-electron chi connectivity index (χ4n) is 2.33. The number of rotatable bonds is 3. The molecule has 1 unspecified atom stereocenters. The predicted molar refractivity (Wildman–Crippen MR) is 73.7 cm³/mol. The molecule has 0 aliphatic carbocycles. The highest BCUT2D eigenvalue weighted by Crippen LogP contribution is 2.30. The van der Waals surface area contributed by atoms with Gasteiger partial charge >= 0.3 is 0 Å². The van der Waals surface area contributed by atoms with E-state index in [0.717, 1.165) is 0 Å². The van der Waals surface area contributed by atoms with Crippen LogP contribution in [0.5, 0.6) is 0 Å². The summed E-state index contributed by atoms with van der Waals surface area (Å²) in [5.41, 5.74) is 1.82. The van der Waals surface area contributed by atoms with Gasteiger partial charge in [0.05, 0.1) is 12.1 Å². The first-order valence-corrected chi connectivity index (χ1v) is 6.25. The highest BCUT2D eigenvalue weighted by atomic mass is 19.1. The monoisotopic (exact) mass is 272 g/mol. The van der Waals surface area contributed by atoms with E-state index < -0.39 is 6.35 Å². The Bertz CT molecular complexity index is 646. The number of anilines is 2. The molecule has 2 N–H and O–H groups in total. The number of aliphatic hydroxyl groups excluding tert-OH is 1. The topological polar surface area (TPSA) is 52.6 Å². The summed E-state index contributed by atoms with van der Waals surface area (Å²) >= 11 is 0. The Hall–Kier alpha value is -2.40. The van der Waals surface area contributed by atoms with Crippen molar-refractivity contribution in [2.24, 2.45) is 0 Å². The summed E-state index contributed by atoms with van der Waals surface area (Å²) in [5.74, 6) is -0.648. The van der Waals surface area contributed by atoms with Crippen molar-refractivity contribution in [3.63, 3.8) is 0 Å². The number of hydrogen-bond acceptors (Lipinski definition) is 3. The van der Waals surface area contributed by atoms with E-state index in [1.165, 1.54) is 23.1 Å². The standard InChI is InChI=1S/C15H13FN2O2/c16-11-6-7-13-10(8-11)9-14(19)18(13)15(20)17-12-4-2-1-3-5-12/h1-8,15,17,20H,9H2. The van der Waals surface area contributed by atoms with Crippen molar-refractivity contribution >= 4 is 17.3 Å². The van der Waals surface area contributed by atoms with E-state index in [-0.39, 0.29) is 18.1 Å². The molecule has 1 heterocycles. The molecule has 4 nitrogen and oxygen atoms in total. The molecule has 0 saturated heterocycles. The number of benzene rings is 2. The summed E-state index contributed by atoms with van der Waals surface area (Å²) < 4.78 is 13.2. The highest BCUT2D eigenvalue weighted by molar-refractivity contribution is 6.01. The van der Waals surface area contributed by atoms with Crippen molar-refractivity contribution in [1.29, 1.82) is 0 Å². The van der Waals surface area contributed by atoms with Crippen molar-refractivity contribution in [2.75, 3.05) is 10.2 Å². The number of para-hydroxylation sites is 1. The van der Waals surface area contributed by atoms with Crippen LogP contribution in [-0.2, 0) is 11.2 Å². The van der Waals surface area contributed by atoms with Gasteiger partial charge in [0.15, 0.2) is 0 Å². The molecule has 1 aliphatic heterocycles. The van der Waals surface area contributed by atoms with Crippen LogP contribution >= 0.6 is 0 Å². The molecule has 1 aliphatic rings. The summed E-state index contributed by atoms with van der Waals surface area (Å²) in [4.78, 5) is 13.2. The maximum Gasteiger partial charge on any atom is 0.235 e. The lowest BCUT2D eigenvalue weighted by molar-refractivity contribution is -0.118. The minimum Gasteiger partial charge on any atom is -0.356 e. The zero-order valence-corrected chi connectivity index (χ0v) is 10.6. The Kier molecular flexibility index (Phi) is 3.12. The van der Waals surface area contributed by atoms with Crippen LogP contribution in [-0.4, -0.2) is 17.4 Å². The second-order valence-corrected chi connectivity index (χ2v) is 4.60. The molecule has 2 aromatic carbocycles. The average molecular weight is 272 g/mol. The van der Waals surface area contributed by atoms with Gasteiger partial charge in [0.2, 0.25) is 12.3 Å². The smallest absolute Gasteiger partial charge is 0.235 e. The maximum absolute atomic E-state index is 13.2. The van der Waals surface area contributed by atoms with Crippen molar-refractivity contribution < 1.29 is 14.3 Å². The fourth-order valence-corrected chi connectivity index (χ4v) is 2.33. The Labute approximate surface area is 115 Å². The molecule has 3 rings (SSSR count). The molecule has 5 heteroatoms. The Morgan fingerprint density at radius 2 is 1.95 bits per heavy atom. The Balaban J connectivity index is 1.86. The highest BCUT2D eigenvalue weighted by Gasteiger charge is 2.32. The van der Waals surface area contributed by atoms with Crippen molar-refractivity contribution in [1.82, 2.24) is 0 Å². The average Bonchev–Trinajstić information content (AvgIpc) is 2.74. The molecular weight excluding hydrogens is 259 g/mol. The first-order chi connectivity index (χ1) is 9.65. The normalized spacial score (nSPS) is 15.1. The Morgan fingerprint density at radius 1 is 1.20 bits per heavy atom. The maximum atomic E-state index is 13.2. The summed E-state index contributed by atoms with van der Waals surface area (Å²) in [7, 11) is 0. The summed E-state index contributed by atoms with van der Waals surface area (Å²) in [6.45, 7) is 0. The van der Waals surface area contributed by atoms with E-state index in [4.69, 9.17) is 0 Å². The molecule has 0 radical (unpaired) electrons. The molecule has 2 aromatic rings. The predicted octanol–water partition coefficient (Wildman–Crippen LogP) is 2.10. The van der Waals surface area contributed by atoms with Gasteiger partial charge in [-0.1, -0.05) is 18.2 Å². The van der Waals surface area contributed by atoms with Gasteiger partial charge in [0, 0.05) is 5.69 Å². The molecular formula is C15H13FN2O2. The number of amides is 1. The van der Waals surface area contributed by atoms with Gasteiger partial charge in [0.1, 0.15) is 5.82 Å². The first kappa shape index (κ1) is 12.6. The van der Waals surface area contributed by atoms with E-state index in [9.17, 15) is 14.3 Å². The molecule has 0 spiro atoms. The second kappa shape index (κ2) is 4.94. The summed E-state index contributed by atoms with van der Waals surface area (Å²) in [6, 6.07) is 13.2. The molecule has 102 valence electrons. The van der Waals surface area contributed by atoms with Crippen LogP contribution in [0.25, 0.3) is 0 Å². The van der Waals surface area contributed by atoms with Crippen LogP contribution in [0.3, 0.4) is 0 Å². The minimum atomic E-state index is -1.18. The zero-order valence-electron chi connectivity index (χ0n) is 10.6. The third kappa shape index (κ3) is 2.23. The summed E-state index contributed by atoms with van der Waals surface area (Å²) in [6.07, 6.45) is -1.09. The van der Waals surface area contributed by atoms with Gasteiger partial charge in [-0.15, -0.1) is 0 Å². The lowest BCUT2D eigenvalue weighted by atomic mass is 10.1. The van der Waals surface area contributed by atoms with Crippen LogP contribution in [0.15, 0.2) is 48.5 Å². The number of nitrogens with zero attached hydrogens (tertiary/aromatic N) is 1. The van der Waals surface area contributed by atoms with E-state index in [1.807, 2.05) is 18.2 Å². The minimum absolute atomic E-state index is 0.0978. The first-order valence-electron chi connectivity index (χ1n) is 6.25. The van der Waals surface area contributed by atoms with Crippen molar-refractivity contribution in [3.05, 3.63) is 59.9 Å². The van der Waals surface area contributed by atoms with Crippen molar-refractivity contribution in [2.45, 2.75) is 12.8 Å². The number of hydrogen-bond donors (Lipinski definition) is 2. The SMILES string of the molecule is O=C1Cc2cc(F)ccc2N1C(O)Nc1ccccc1. The lowest BCUT2D eigenvalue weighted by Gasteiger charge is -2.25. The number of fused-ring (bicyclic) bond motifs is 1. The molecule has 1 amide bonds.